The van der Waals surface area contributed by atoms with Crippen molar-refractivity contribution in [2.75, 3.05) is 32.1 Å². The van der Waals surface area contributed by atoms with Gasteiger partial charge < -0.3 is 29.5 Å². The number of aliphatic hydroxyl groups is 3. The molecule has 0 saturated carbocycles. The molecule has 1 saturated heterocycles. The van der Waals surface area contributed by atoms with Crippen molar-refractivity contribution in [2.24, 2.45) is 13.0 Å². The Labute approximate surface area is 234 Å². The minimum absolute atomic E-state index is 0.174. The van der Waals surface area contributed by atoms with Gasteiger partial charge >= 0.3 is 0 Å². The third-order valence-electron chi connectivity index (χ3n) is 7.57. The maximum absolute atomic E-state index is 13.0. The van der Waals surface area contributed by atoms with E-state index in [1.54, 1.807) is 26.1 Å². The number of benzene rings is 2. The van der Waals surface area contributed by atoms with E-state index in [4.69, 9.17) is 4.74 Å². The van der Waals surface area contributed by atoms with Gasteiger partial charge in [0, 0.05) is 57.3 Å². The highest BCUT2D eigenvalue weighted by Crippen LogP contribution is 2.30. The fourth-order valence-corrected chi connectivity index (χ4v) is 5.95. The Balaban J connectivity index is 1.54. The Morgan fingerprint density at radius 3 is 2.48 bits per heavy atom. The number of hydrogen-bond acceptors (Lipinski definition) is 8. The van der Waals surface area contributed by atoms with Crippen LogP contribution >= 0.6 is 0 Å². The molecule has 40 heavy (non-hydrogen) atoms. The van der Waals surface area contributed by atoms with Crippen LogP contribution in [0.25, 0.3) is 28.1 Å². The second-order valence-corrected chi connectivity index (χ2v) is 12.1. The molecule has 3 aromatic rings. The summed E-state index contributed by atoms with van der Waals surface area (Å²) in [6, 6.07) is 17.7. The average Bonchev–Trinajstić information content (AvgIpc) is 3.30. The number of ether oxygens (including phenoxy) is 1. The first kappa shape index (κ1) is 29.7. The lowest BCUT2D eigenvalue weighted by molar-refractivity contribution is -0.196. The van der Waals surface area contributed by atoms with Gasteiger partial charge in [-0.15, -0.1) is 0 Å². The number of anilines is 1. The first-order chi connectivity index (χ1) is 19.0. The molecule has 1 aliphatic rings. The van der Waals surface area contributed by atoms with Gasteiger partial charge in [-0.2, -0.15) is 5.26 Å². The third-order valence-corrected chi connectivity index (χ3v) is 8.90. The van der Waals surface area contributed by atoms with Crippen molar-refractivity contribution >= 4 is 32.6 Å². The van der Waals surface area contributed by atoms with Crippen LogP contribution in [0.4, 0.5) is 5.69 Å². The summed E-state index contributed by atoms with van der Waals surface area (Å²) in [6.07, 6.45) is -2.52. The topological polar surface area (TPSA) is 148 Å². The number of rotatable bonds is 9. The molecule has 0 amide bonds. The van der Waals surface area contributed by atoms with Gasteiger partial charge in [0.25, 0.3) is 10.0 Å². The van der Waals surface area contributed by atoms with Crippen LogP contribution in [0.1, 0.15) is 19.0 Å². The van der Waals surface area contributed by atoms with Crippen LogP contribution < -0.4 is 9.62 Å². The van der Waals surface area contributed by atoms with Gasteiger partial charge in [0.2, 0.25) is 0 Å². The normalized spacial score (nSPS) is 23.8. The fourth-order valence-electron chi connectivity index (χ4n) is 5.01. The molecule has 0 radical (unpaired) electrons. The number of fused-ring (bicyclic) bond motifs is 1. The summed E-state index contributed by atoms with van der Waals surface area (Å²) in [5.74, 6) is -0.436. The molecule has 2 aromatic carbocycles. The number of sulfonamides is 1. The first-order valence-corrected chi connectivity index (χ1v) is 14.6. The van der Waals surface area contributed by atoms with Crippen molar-refractivity contribution in [2.45, 2.75) is 37.8 Å². The molecule has 214 valence electrons. The van der Waals surface area contributed by atoms with E-state index in [9.17, 15) is 29.0 Å². The van der Waals surface area contributed by atoms with Crippen molar-refractivity contribution in [1.82, 2.24) is 9.29 Å². The highest BCUT2D eigenvalue weighted by Gasteiger charge is 2.42. The van der Waals surface area contributed by atoms with E-state index < -0.39 is 45.3 Å². The summed E-state index contributed by atoms with van der Waals surface area (Å²) >= 11 is 0. The van der Waals surface area contributed by atoms with Crippen LogP contribution in [0, 0.1) is 17.2 Å². The molecule has 5 atom stereocenters. The van der Waals surface area contributed by atoms with Crippen LogP contribution in [0.3, 0.4) is 0 Å². The second kappa shape index (κ2) is 12.1. The number of aliphatic hydroxyl groups excluding tert-OH is 3. The van der Waals surface area contributed by atoms with Crippen molar-refractivity contribution in [1.29, 1.82) is 5.26 Å². The predicted molar refractivity (Wildman–Crippen MR) is 155 cm³/mol. The molecule has 0 bridgehead atoms. The standard InChI is InChI=1S/C29H36N4O6S/c1-18-26(11-12-34)39-27(29(36)28(18)35)17-31-40(37,38)24(16-30)15-23-9-10-25(33(23)4)21-6-5-20-14-22(32(2)3)8-7-19(20)13-21/h5-10,13-15,18,26-29,31,34-36H,11-12,17H2,1-4H3/b24-15+/t18-,26?,27+,28+,29+/m0/s1. The van der Waals surface area contributed by atoms with E-state index in [0.717, 1.165) is 27.7 Å². The Bertz CT molecular complexity index is 1540. The van der Waals surface area contributed by atoms with Crippen molar-refractivity contribution < 1.29 is 28.5 Å². The molecule has 1 aromatic heterocycles. The number of nitrogens with zero attached hydrogens (tertiary/aromatic N) is 3. The first-order valence-electron chi connectivity index (χ1n) is 13.1. The molecular formula is C29H36N4O6S. The molecular weight excluding hydrogens is 532 g/mol. The second-order valence-electron chi connectivity index (χ2n) is 10.4. The maximum Gasteiger partial charge on any atom is 0.250 e. The molecule has 11 heteroatoms. The van der Waals surface area contributed by atoms with Crippen molar-refractivity contribution in [3.63, 3.8) is 0 Å². The average molecular weight is 569 g/mol. The predicted octanol–water partition coefficient (Wildman–Crippen LogP) is 2.20. The summed E-state index contributed by atoms with van der Waals surface area (Å²) in [5.41, 5.74) is 3.41. The minimum atomic E-state index is -4.26. The van der Waals surface area contributed by atoms with Gasteiger partial charge in [0.1, 0.15) is 12.2 Å². The summed E-state index contributed by atoms with van der Waals surface area (Å²) in [7, 11) is 1.53. The maximum atomic E-state index is 13.0. The smallest absolute Gasteiger partial charge is 0.250 e. The number of nitrogens with one attached hydrogen (secondary N) is 1. The highest BCUT2D eigenvalue weighted by atomic mass is 32.2. The van der Waals surface area contributed by atoms with Crippen molar-refractivity contribution in [3.05, 3.63) is 59.1 Å². The van der Waals surface area contributed by atoms with E-state index >= 15 is 0 Å². The molecule has 2 heterocycles. The largest absolute Gasteiger partial charge is 0.396 e. The van der Waals surface area contributed by atoms with E-state index in [-0.39, 0.29) is 19.6 Å². The molecule has 0 aliphatic carbocycles. The van der Waals surface area contributed by atoms with Gasteiger partial charge in [0.15, 0.2) is 4.91 Å². The van der Waals surface area contributed by atoms with Crippen LogP contribution in [0.15, 0.2) is 53.4 Å². The van der Waals surface area contributed by atoms with Gasteiger partial charge in [0.05, 0.1) is 18.3 Å². The van der Waals surface area contributed by atoms with Gasteiger partial charge in [-0.05, 0) is 59.2 Å². The number of hydrogen-bond donors (Lipinski definition) is 4. The molecule has 1 unspecified atom stereocenters. The summed E-state index contributed by atoms with van der Waals surface area (Å²) < 4.78 is 36.0. The summed E-state index contributed by atoms with van der Waals surface area (Å²) in [6.45, 7) is 1.17. The van der Waals surface area contributed by atoms with E-state index in [1.807, 2.05) is 47.8 Å². The zero-order chi connectivity index (χ0) is 29.2. The highest BCUT2D eigenvalue weighted by molar-refractivity contribution is 7.93. The fraction of sp³-hybridized carbons (Fsp3) is 0.414. The zero-order valence-corrected chi connectivity index (χ0v) is 23.8. The number of aromatic nitrogens is 1. The van der Waals surface area contributed by atoms with Crippen LogP contribution in [0.2, 0.25) is 0 Å². The summed E-state index contributed by atoms with van der Waals surface area (Å²) in [4.78, 5) is 1.54. The Hall–Kier alpha value is -3.24. The zero-order valence-electron chi connectivity index (χ0n) is 23.0. The lowest BCUT2D eigenvalue weighted by atomic mass is 9.87. The molecule has 4 N–H and O–H groups in total. The van der Waals surface area contributed by atoms with Crippen LogP contribution in [-0.2, 0) is 21.8 Å². The number of nitriles is 1. The van der Waals surface area contributed by atoms with E-state index in [1.165, 1.54) is 6.08 Å². The Kier molecular flexibility index (Phi) is 8.99. The number of allylic oxidation sites excluding steroid dienone is 1. The summed E-state index contributed by atoms with van der Waals surface area (Å²) in [5, 5.41) is 41.9. The van der Waals surface area contributed by atoms with Crippen LogP contribution in [-0.4, -0.2) is 80.0 Å². The SMILES string of the molecule is C[C@H]1C(CCO)O[C@H](CNS(=O)(=O)/C(C#N)=C/c2ccc(-c3ccc4cc(N(C)C)ccc4c3)n2C)[C@@H](O)[C@@H]1O. The molecule has 10 nitrogen and oxygen atoms in total. The third kappa shape index (κ3) is 6.07. The van der Waals surface area contributed by atoms with Gasteiger partial charge in [-0.3, -0.25) is 0 Å². The molecule has 4 rings (SSSR count). The Morgan fingerprint density at radius 2 is 1.80 bits per heavy atom. The lowest BCUT2D eigenvalue weighted by Crippen LogP contribution is -2.56. The van der Waals surface area contributed by atoms with Crippen molar-refractivity contribution in [3.8, 4) is 17.3 Å². The molecule has 1 fully saturated rings. The quantitative estimate of drug-likeness (QED) is 0.287. The molecule has 1 aliphatic heterocycles. The van der Waals surface area contributed by atoms with Gasteiger partial charge in [-0.25, -0.2) is 13.1 Å². The monoisotopic (exact) mass is 568 g/mol. The lowest BCUT2D eigenvalue weighted by Gasteiger charge is -2.41. The van der Waals surface area contributed by atoms with E-state index in [0.29, 0.717) is 5.69 Å². The van der Waals surface area contributed by atoms with Crippen LogP contribution in [0.5, 0.6) is 0 Å². The minimum Gasteiger partial charge on any atom is -0.396 e. The Morgan fingerprint density at radius 1 is 1.10 bits per heavy atom. The van der Waals surface area contributed by atoms with Gasteiger partial charge in [-0.1, -0.05) is 25.1 Å². The van der Waals surface area contributed by atoms with E-state index in [2.05, 4.69) is 22.9 Å². The molecule has 0 spiro atoms.